The zero-order chi connectivity index (χ0) is 14.5. The number of rotatable bonds is 7. The van der Waals surface area contributed by atoms with E-state index in [1.807, 2.05) is 0 Å². The molecule has 0 bridgehead atoms. The second-order valence-electron chi connectivity index (χ2n) is 6.03. The van der Waals surface area contributed by atoms with Gasteiger partial charge in [0.25, 0.3) is 0 Å². The van der Waals surface area contributed by atoms with Crippen LogP contribution in [-0.2, 0) is 9.84 Å². The van der Waals surface area contributed by atoms with E-state index in [0.717, 1.165) is 25.9 Å². The van der Waals surface area contributed by atoms with Crippen LogP contribution >= 0.6 is 0 Å². The van der Waals surface area contributed by atoms with Crippen LogP contribution in [0, 0.1) is 5.92 Å². The summed E-state index contributed by atoms with van der Waals surface area (Å²) in [6.45, 7) is 11.0. The molecule has 1 rings (SSSR count). The molecule has 0 aliphatic carbocycles. The van der Waals surface area contributed by atoms with E-state index in [1.165, 1.54) is 0 Å². The van der Waals surface area contributed by atoms with Crippen molar-refractivity contribution in [1.29, 1.82) is 0 Å². The van der Waals surface area contributed by atoms with Crippen LogP contribution in [0.15, 0.2) is 0 Å². The Bertz CT molecular complexity index is 354. The molecule has 1 saturated heterocycles. The molecular weight excluding hydrogens is 260 g/mol. The topological polar surface area (TPSA) is 49.4 Å². The predicted molar refractivity (Wildman–Crippen MR) is 81.2 cm³/mol. The number of hydrogen-bond acceptors (Lipinski definition) is 4. The van der Waals surface area contributed by atoms with Crippen molar-refractivity contribution in [2.24, 2.45) is 5.92 Å². The average molecular weight is 290 g/mol. The molecule has 1 heterocycles. The minimum Gasteiger partial charge on any atom is -0.311 e. The molecule has 0 aromatic rings. The fraction of sp³-hybridized carbons (Fsp3) is 1.00. The number of piperazine rings is 1. The highest BCUT2D eigenvalue weighted by atomic mass is 32.2. The van der Waals surface area contributed by atoms with Gasteiger partial charge in [0.15, 0.2) is 9.84 Å². The first kappa shape index (κ1) is 16.9. The van der Waals surface area contributed by atoms with Gasteiger partial charge < -0.3 is 5.32 Å². The third kappa shape index (κ3) is 5.79. The van der Waals surface area contributed by atoms with Crippen LogP contribution in [0.4, 0.5) is 0 Å². The normalized spacial score (nSPS) is 25.9. The minimum atomic E-state index is -2.85. The van der Waals surface area contributed by atoms with Crippen molar-refractivity contribution in [3.8, 4) is 0 Å². The summed E-state index contributed by atoms with van der Waals surface area (Å²) in [5.41, 5.74) is 0. The molecule has 2 unspecified atom stereocenters. The predicted octanol–water partition coefficient (Wildman–Crippen LogP) is 1.52. The van der Waals surface area contributed by atoms with Gasteiger partial charge in [-0.15, -0.1) is 0 Å². The first-order valence-electron chi connectivity index (χ1n) is 7.55. The Labute approximate surface area is 118 Å². The second kappa shape index (κ2) is 7.60. The van der Waals surface area contributed by atoms with E-state index in [0.29, 0.717) is 30.3 Å². The van der Waals surface area contributed by atoms with Gasteiger partial charge in [-0.3, -0.25) is 4.90 Å². The summed E-state index contributed by atoms with van der Waals surface area (Å²) in [5, 5.41) is 3.60. The number of nitrogens with zero attached hydrogens (tertiary/aromatic N) is 1. The number of hydrogen-bond donors (Lipinski definition) is 1. The summed E-state index contributed by atoms with van der Waals surface area (Å²) in [5.74, 6) is 1.23. The second-order valence-corrected chi connectivity index (χ2v) is 8.50. The molecule has 4 nitrogen and oxygen atoms in total. The Morgan fingerprint density at radius 2 is 2.00 bits per heavy atom. The van der Waals surface area contributed by atoms with Crippen LogP contribution in [-0.4, -0.2) is 56.5 Å². The van der Waals surface area contributed by atoms with Crippen molar-refractivity contribution < 1.29 is 8.42 Å². The molecule has 0 aromatic carbocycles. The molecule has 19 heavy (non-hydrogen) atoms. The molecular formula is C14H30N2O2S. The molecule has 1 fully saturated rings. The van der Waals surface area contributed by atoms with Gasteiger partial charge in [-0.05, 0) is 18.8 Å². The molecule has 0 spiro atoms. The molecule has 114 valence electrons. The van der Waals surface area contributed by atoms with Crippen molar-refractivity contribution in [2.45, 2.75) is 52.6 Å². The molecule has 0 saturated carbocycles. The number of nitrogens with one attached hydrogen (secondary N) is 1. The minimum absolute atomic E-state index is 0.255. The molecule has 0 aromatic heterocycles. The van der Waals surface area contributed by atoms with Crippen molar-refractivity contribution >= 4 is 9.84 Å². The number of sulfone groups is 1. The van der Waals surface area contributed by atoms with Gasteiger partial charge in [0.1, 0.15) is 0 Å². The van der Waals surface area contributed by atoms with E-state index in [-0.39, 0.29) is 5.75 Å². The highest BCUT2D eigenvalue weighted by molar-refractivity contribution is 7.91. The molecule has 5 heteroatoms. The van der Waals surface area contributed by atoms with Crippen molar-refractivity contribution in [1.82, 2.24) is 10.2 Å². The summed E-state index contributed by atoms with van der Waals surface area (Å²) < 4.78 is 23.3. The summed E-state index contributed by atoms with van der Waals surface area (Å²) in [4.78, 5) is 2.37. The maximum atomic E-state index is 11.7. The van der Waals surface area contributed by atoms with Crippen LogP contribution in [0.2, 0.25) is 0 Å². The summed E-state index contributed by atoms with van der Waals surface area (Å²) in [6.07, 6.45) is 2.24. The van der Waals surface area contributed by atoms with Crippen LogP contribution < -0.4 is 5.32 Å². The lowest BCUT2D eigenvalue weighted by molar-refractivity contribution is 0.126. The third-order valence-corrected chi connectivity index (χ3v) is 5.65. The fourth-order valence-corrected chi connectivity index (χ4v) is 3.53. The van der Waals surface area contributed by atoms with Gasteiger partial charge in [0, 0.05) is 37.5 Å². The quantitative estimate of drug-likeness (QED) is 0.772. The molecule has 0 amide bonds. The van der Waals surface area contributed by atoms with Gasteiger partial charge in [-0.1, -0.05) is 27.7 Å². The zero-order valence-electron chi connectivity index (χ0n) is 12.9. The van der Waals surface area contributed by atoms with Crippen LogP contribution in [0.3, 0.4) is 0 Å². The lowest BCUT2D eigenvalue weighted by atomic mass is 9.99. The third-order valence-electron chi connectivity index (χ3n) is 3.97. The van der Waals surface area contributed by atoms with Crippen LogP contribution in [0.25, 0.3) is 0 Å². The SMILES string of the molecule is CCC1CNC(CC(C)C)CN1CCS(=O)(=O)CC. The van der Waals surface area contributed by atoms with E-state index >= 15 is 0 Å². The molecule has 2 atom stereocenters. The van der Waals surface area contributed by atoms with E-state index in [9.17, 15) is 8.42 Å². The van der Waals surface area contributed by atoms with Crippen molar-refractivity contribution in [3.05, 3.63) is 0 Å². The summed E-state index contributed by atoms with van der Waals surface area (Å²) in [6, 6.07) is 0.989. The average Bonchev–Trinajstić information content (AvgIpc) is 2.36. The van der Waals surface area contributed by atoms with E-state index in [1.54, 1.807) is 6.92 Å². The first-order valence-corrected chi connectivity index (χ1v) is 9.38. The van der Waals surface area contributed by atoms with Gasteiger partial charge in [0.2, 0.25) is 0 Å². The van der Waals surface area contributed by atoms with E-state index < -0.39 is 9.84 Å². The summed E-state index contributed by atoms with van der Waals surface area (Å²) >= 11 is 0. The lowest BCUT2D eigenvalue weighted by Crippen LogP contribution is -2.57. The van der Waals surface area contributed by atoms with Gasteiger partial charge in [0.05, 0.1) is 5.75 Å². The highest BCUT2D eigenvalue weighted by Crippen LogP contribution is 2.15. The van der Waals surface area contributed by atoms with Gasteiger partial charge >= 0.3 is 0 Å². The van der Waals surface area contributed by atoms with Gasteiger partial charge in [-0.2, -0.15) is 0 Å². The Kier molecular flexibility index (Phi) is 6.77. The monoisotopic (exact) mass is 290 g/mol. The van der Waals surface area contributed by atoms with Crippen molar-refractivity contribution in [2.75, 3.05) is 31.1 Å². The Hall–Kier alpha value is -0.130. The lowest BCUT2D eigenvalue weighted by Gasteiger charge is -2.40. The maximum Gasteiger partial charge on any atom is 0.151 e. The summed E-state index contributed by atoms with van der Waals surface area (Å²) in [7, 11) is -2.85. The maximum absolute atomic E-state index is 11.7. The zero-order valence-corrected chi connectivity index (χ0v) is 13.7. The van der Waals surface area contributed by atoms with E-state index in [2.05, 4.69) is 31.0 Å². The Morgan fingerprint density at radius 3 is 2.53 bits per heavy atom. The molecule has 1 aliphatic heterocycles. The molecule has 1 aliphatic rings. The molecule has 0 radical (unpaired) electrons. The molecule has 1 N–H and O–H groups in total. The Morgan fingerprint density at radius 1 is 1.32 bits per heavy atom. The van der Waals surface area contributed by atoms with Gasteiger partial charge in [-0.25, -0.2) is 8.42 Å². The highest BCUT2D eigenvalue weighted by Gasteiger charge is 2.27. The van der Waals surface area contributed by atoms with E-state index in [4.69, 9.17) is 0 Å². The largest absolute Gasteiger partial charge is 0.311 e. The smallest absolute Gasteiger partial charge is 0.151 e. The first-order chi connectivity index (χ1) is 8.88. The Balaban J connectivity index is 2.55. The standard InChI is InChI=1S/C14H30N2O2S/c1-5-14-10-15-13(9-12(3)4)11-16(14)7-8-19(17,18)6-2/h12-15H,5-11H2,1-4H3. The van der Waals surface area contributed by atoms with Crippen molar-refractivity contribution in [3.63, 3.8) is 0 Å². The van der Waals surface area contributed by atoms with Crippen LogP contribution in [0.1, 0.15) is 40.5 Å². The van der Waals surface area contributed by atoms with Crippen LogP contribution in [0.5, 0.6) is 0 Å². The fourth-order valence-electron chi connectivity index (χ4n) is 2.73.